The first-order valence-electron chi connectivity index (χ1n) is 5.01. The van der Waals surface area contributed by atoms with Crippen LogP contribution in [0.3, 0.4) is 0 Å². The Labute approximate surface area is 99.0 Å². The molecular weight excluding hydrogens is 238 g/mol. The average molecular weight is 253 g/mol. The lowest BCUT2D eigenvalue weighted by atomic mass is 10.3. The number of nitrogens with one attached hydrogen (secondary N) is 1. The van der Waals surface area contributed by atoms with Gasteiger partial charge in [0.25, 0.3) is 0 Å². The highest BCUT2D eigenvalue weighted by Crippen LogP contribution is 2.13. The van der Waals surface area contributed by atoms with Crippen molar-refractivity contribution in [3.05, 3.63) is 18.0 Å². The molecule has 1 saturated heterocycles. The fourth-order valence-corrected chi connectivity index (χ4v) is 1.74. The first-order chi connectivity index (χ1) is 7.27. The number of nitrogens with zero attached hydrogens (tertiary/aromatic N) is 3. The van der Waals surface area contributed by atoms with Crippen LogP contribution in [0.5, 0.6) is 0 Å². The van der Waals surface area contributed by atoms with Crippen molar-refractivity contribution in [2.24, 2.45) is 0 Å². The van der Waals surface area contributed by atoms with Crippen molar-refractivity contribution in [3.8, 4) is 0 Å². The van der Waals surface area contributed by atoms with Gasteiger partial charge in [0.1, 0.15) is 0 Å². The zero-order valence-electron chi connectivity index (χ0n) is 8.77. The Morgan fingerprint density at radius 3 is 2.69 bits per heavy atom. The zero-order valence-corrected chi connectivity index (χ0v) is 9.59. The van der Waals surface area contributed by atoms with Gasteiger partial charge in [-0.1, -0.05) is 0 Å². The molecule has 1 aromatic heterocycles. The van der Waals surface area contributed by atoms with Crippen LogP contribution in [-0.4, -0.2) is 40.9 Å². The standard InChI is InChI=1S/C9H14F2N4.ClH/c10-9(11)15-8(1-2-13-15)7-14-5-3-12-4-6-14;/h1-2,9,12H,3-7H2;1H. The Morgan fingerprint density at radius 2 is 2.06 bits per heavy atom. The van der Waals surface area contributed by atoms with Crippen molar-refractivity contribution in [1.29, 1.82) is 0 Å². The van der Waals surface area contributed by atoms with Crippen molar-refractivity contribution in [2.75, 3.05) is 26.2 Å². The molecule has 92 valence electrons. The van der Waals surface area contributed by atoms with Gasteiger partial charge in [-0.2, -0.15) is 13.9 Å². The van der Waals surface area contributed by atoms with Crippen LogP contribution in [0.4, 0.5) is 8.78 Å². The van der Waals surface area contributed by atoms with Crippen LogP contribution in [0.2, 0.25) is 0 Å². The highest BCUT2D eigenvalue weighted by Gasteiger charge is 2.15. The summed E-state index contributed by atoms with van der Waals surface area (Å²) in [6.07, 6.45) is 1.42. The fraction of sp³-hybridized carbons (Fsp3) is 0.667. The molecule has 0 aliphatic carbocycles. The number of piperazine rings is 1. The predicted molar refractivity (Wildman–Crippen MR) is 58.9 cm³/mol. The van der Waals surface area contributed by atoms with Gasteiger partial charge in [-0.05, 0) is 6.07 Å². The van der Waals surface area contributed by atoms with Crippen LogP contribution in [0, 0.1) is 0 Å². The molecule has 7 heteroatoms. The molecule has 2 rings (SSSR count). The van der Waals surface area contributed by atoms with Gasteiger partial charge in [0, 0.05) is 38.9 Å². The topological polar surface area (TPSA) is 33.1 Å². The fourth-order valence-electron chi connectivity index (χ4n) is 1.74. The highest BCUT2D eigenvalue weighted by molar-refractivity contribution is 5.85. The predicted octanol–water partition coefficient (Wildman–Crippen LogP) is 1.11. The van der Waals surface area contributed by atoms with E-state index in [9.17, 15) is 8.78 Å². The van der Waals surface area contributed by atoms with E-state index in [0.717, 1.165) is 30.9 Å². The van der Waals surface area contributed by atoms with E-state index in [1.54, 1.807) is 6.07 Å². The molecule has 0 amide bonds. The first-order valence-corrected chi connectivity index (χ1v) is 5.01. The van der Waals surface area contributed by atoms with Gasteiger partial charge in [0.05, 0.1) is 5.69 Å². The monoisotopic (exact) mass is 252 g/mol. The van der Waals surface area contributed by atoms with Gasteiger partial charge < -0.3 is 5.32 Å². The average Bonchev–Trinajstić information content (AvgIpc) is 2.67. The number of aromatic nitrogens is 2. The van der Waals surface area contributed by atoms with E-state index >= 15 is 0 Å². The number of alkyl halides is 2. The van der Waals surface area contributed by atoms with Gasteiger partial charge in [-0.3, -0.25) is 4.90 Å². The Bertz CT molecular complexity index is 312. The Kier molecular flexibility index (Phi) is 5.11. The van der Waals surface area contributed by atoms with Gasteiger partial charge >= 0.3 is 6.55 Å². The molecule has 0 unspecified atom stereocenters. The molecule has 1 aliphatic rings. The normalized spacial score (nSPS) is 17.4. The summed E-state index contributed by atoms with van der Waals surface area (Å²) >= 11 is 0. The van der Waals surface area contributed by atoms with Crippen LogP contribution in [0.1, 0.15) is 12.2 Å². The molecule has 16 heavy (non-hydrogen) atoms. The summed E-state index contributed by atoms with van der Waals surface area (Å²) in [6.45, 7) is 1.64. The third kappa shape index (κ3) is 3.13. The van der Waals surface area contributed by atoms with Gasteiger partial charge in [0.15, 0.2) is 0 Å². The maximum absolute atomic E-state index is 12.5. The van der Waals surface area contributed by atoms with E-state index in [1.165, 1.54) is 6.20 Å². The van der Waals surface area contributed by atoms with Gasteiger partial charge in [-0.25, -0.2) is 4.68 Å². The molecule has 0 bridgehead atoms. The zero-order chi connectivity index (χ0) is 10.7. The molecule has 1 N–H and O–H groups in total. The van der Waals surface area contributed by atoms with Crippen LogP contribution in [0.15, 0.2) is 12.3 Å². The molecule has 0 aromatic carbocycles. The minimum Gasteiger partial charge on any atom is -0.314 e. The molecule has 1 fully saturated rings. The molecule has 2 heterocycles. The number of hydrogen-bond donors (Lipinski definition) is 1. The minimum absolute atomic E-state index is 0. The number of hydrogen-bond acceptors (Lipinski definition) is 3. The Balaban J connectivity index is 0.00000128. The summed E-state index contributed by atoms with van der Waals surface area (Å²) in [4.78, 5) is 2.15. The molecule has 4 nitrogen and oxygen atoms in total. The lowest BCUT2D eigenvalue weighted by molar-refractivity contribution is 0.0502. The van der Waals surface area contributed by atoms with Crippen LogP contribution >= 0.6 is 12.4 Å². The second-order valence-corrected chi connectivity index (χ2v) is 3.57. The van der Waals surface area contributed by atoms with E-state index in [1.807, 2.05) is 0 Å². The molecule has 1 aliphatic heterocycles. The van der Waals surface area contributed by atoms with Crippen molar-refractivity contribution in [1.82, 2.24) is 20.0 Å². The van der Waals surface area contributed by atoms with Crippen molar-refractivity contribution >= 4 is 12.4 Å². The van der Waals surface area contributed by atoms with Crippen LogP contribution in [-0.2, 0) is 6.54 Å². The van der Waals surface area contributed by atoms with Crippen molar-refractivity contribution in [3.63, 3.8) is 0 Å². The third-order valence-electron chi connectivity index (χ3n) is 2.53. The maximum Gasteiger partial charge on any atom is 0.333 e. The van der Waals surface area contributed by atoms with Crippen LogP contribution < -0.4 is 5.32 Å². The summed E-state index contributed by atoms with van der Waals surface area (Å²) in [5.41, 5.74) is 0.576. The van der Waals surface area contributed by atoms with E-state index < -0.39 is 6.55 Å². The lowest BCUT2D eigenvalue weighted by Crippen LogP contribution is -2.43. The second-order valence-electron chi connectivity index (χ2n) is 3.57. The summed E-state index contributed by atoms with van der Waals surface area (Å²) in [6, 6.07) is 1.65. The summed E-state index contributed by atoms with van der Waals surface area (Å²) in [5.74, 6) is 0. The van der Waals surface area contributed by atoms with E-state index in [-0.39, 0.29) is 12.4 Å². The minimum atomic E-state index is -2.54. The van der Waals surface area contributed by atoms with E-state index in [4.69, 9.17) is 0 Å². The summed E-state index contributed by atoms with van der Waals surface area (Å²) in [5, 5.41) is 6.83. The Morgan fingerprint density at radius 1 is 1.38 bits per heavy atom. The van der Waals surface area contributed by atoms with E-state index in [2.05, 4.69) is 15.3 Å². The molecule has 1 aromatic rings. The van der Waals surface area contributed by atoms with Gasteiger partial charge in [0.2, 0.25) is 0 Å². The van der Waals surface area contributed by atoms with Crippen LogP contribution in [0.25, 0.3) is 0 Å². The summed E-state index contributed by atoms with van der Waals surface area (Å²) < 4.78 is 25.7. The second kappa shape index (κ2) is 6.12. The SMILES string of the molecule is Cl.FC(F)n1nccc1CN1CCNCC1. The van der Waals surface area contributed by atoms with Crippen molar-refractivity contribution < 1.29 is 8.78 Å². The van der Waals surface area contributed by atoms with Gasteiger partial charge in [-0.15, -0.1) is 12.4 Å². The molecule has 0 saturated carbocycles. The molecule has 0 spiro atoms. The maximum atomic E-state index is 12.5. The first kappa shape index (κ1) is 13.3. The quantitative estimate of drug-likeness (QED) is 0.875. The largest absolute Gasteiger partial charge is 0.333 e. The molecular formula is C9H15ClF2N4. The summed E-state index contributed by atoms with van der Waals surface area (Å²) in [7, 11) is 0. The molecule has 0 radical (unpaired) electrons. The third-order valence-corrected chi connectivity index (χ3v) is 2.53. The number of rotatable bonds is 3. The highest BCUT2D eigenvalue weighted by atomic mass is 35.5. The molecule has 0 atom stereocenters. The number of halogens is 3. The Hall–Kier alpha value is -0.720. The van der Waals surface area contributed by atoms with Crippen molar-refractivity contribution in [2.45, 2.75) is 13.1 Å². The smallest absolute Gasteiger partial charge is 0.314 e. The lowest BCUT2D eigenvalue weighted by Gasteiger charge is -2.27. The van der Waals surface area contributed by atoms with E-state index in [0.29, 0.717) is 12.2 Å².